The van der Waals surface area contributed by atoms with E-state index < -0.39 is 46.5 Å². The van der Waals surface area contributed by atoms with E-state index in [1.165, 1.54) is 0 Å². The molecule has 0 fully saturated rings. The van der Waals surface area contributed by atoms with Gasteiger partial charge in [-0.05, 0) is 12.8 Å². The molecule has 16 heavy (non-hydrogen) atoms. The molecule has 2 unspecified atom stereocenters. The summed E-state index contributed by atoms with van der Waals surface area (Å²) in [5, 5.41) is -4.84. The minimum atomic E-state index is -4.86. The molecule has 0 saturated heterocycles. The van der Waals surface area contributed by atoms with Crippen LogP contribution in [-0.4, -0.2) is 27.1 Å². The Labute approximate surface area is 91.7 Å². The molecular formula is C8H12F6OS. The lowest BCUT2D eigenvalue weighted by Crippen LogP contribution is -2.43. The van der Waals surface area contributed by atoms with Gasteiger partial charge in [-0.15, -0.1) is 0 Å². The molecule has 0 heterocycles. The highest BCUT2D eigenvalue weighted by molar-refractivity contribution is 7.86. The molecule has 0 aliphatic rings. The van der Waals surface area contributed by atoms with E-state index in [2.05, 4.69) is 0 Å². The molecular weight excluding hydrogens is 258 g/mol. The first-order valence-electron chi connectivity index (χ1n) is 4.58. The average Bonchev–Trinajstić information content (AvgIpc) is 2.00. The second kappa shape index (κ2) is 5.37. The summed E-state index contributed by atoms with van der Waals surface area (Å²) >= 11 is 0. The zero-order valence-corrected chi connectivity index (χ0v) is 9.47. The van der Waals surface area contributed by atoms with Crippen LogP contribution in [0.5, 0.6) is 0 Å². The van der Waals surface area contributed by atoms with E-state index in [1.54, 1.807) is 0 Å². The van der Waals surface area contributed by atoms with Gasteiger partial charge in [0, 0.05) is 10.8 Å². The maximum atomic E-state index is 12.3. The largest absolute Gasteiger partial charge is 0.403 e. The summed E-state index contributed by atoms with van der Waals surface area (Å²) < 4.78 is 85.0. The van der Waals surface area contributed by atoms with Crippen molar-refractivity contribution in [2.45, 2.75) is 49.5 Å². The average molecular weight is 270 g/mol. The lowest BCUT2D eigenvalue weighted by molar-refractivity contribution is -0.137. The van der Waals surface area contributed by atoms with Crippen molar-refractivity contribution in [3.05, 3.63) is 0 Å². The normalized spacial score (nSPS) is 19.2. The van der Waals surface area contributed by atoms with Crippen LogP contribution >= 0.6 is 0 Å². The highest BCUT2D eigenvalue weighted by Gasteiger charge is 2.51. The molecule has 0 radical (unpaired) electrons. The Hall–Kier alpha value is -0.270. The lowest BCUT2D eigenvalue weighted by atomic mass is 10.3. The van der Waals surface area contributed by atoms with Crippen molar-refractivity contribution >= 4 is 10.8 Å². The van der Waals surface area contributed by atoms with Crippen LogP contribution in [0.1, 0.15) is 26.7 Å². The van der Waals surface area contributed by atoms with E-state index in [1.807, 2.05) is 0 Å². The summed E-state index contributed by atoms with van der Waals surface area (Å²) in [6.45, 7) is 2.14. The van der Waals surface area contributed by atoms with E-state index in [9.17, 15) is 30.6 Å². The molecule has 0 aromatic heterocycles. The molecule has 0 aromatic carbocycles. The Bertz CT molecular complexity index is 222. The molecule has 0 spiro atoms. The molecule has 0 N–H and O–H groups in total. The van der Waals surface area contributed by atoms with Crippen LogP contribution in [-0.2, 0) is 10.8 Å². The minimum Gasteiger partial charge on any atom is -0.258 e. The van der Waals surface area contributed by atoms with Crippen molar-refractivity contribution in [1.82, 2.24) is 0 Å². The topological polar surface area (TPSA) is 17.1 Å². The van der Waals surface area contributed by atoms with Gasteiger partial charge in [0.15, 0.2) is 0 Å². The second-order valence-electron chi connectivity index (χ2n) is 3.21. The fourth-order valence-electron chi connectivity index (χ4n) is 1.25. The summed E-state index contributed by atoms with van der Waals surface area (Å²) in [5.74, 6) is 0. The predicted octanol–water partition coefficient (Wildman–Crippen LogP) is 3.42. The smallest absolute Gasteiger partial charge is 0.258 e. The minimum absolute atomic E-state index is 0.622. The molecule has 0 aliphatic carbocycles. The van der Waals surface area contributed by atoms with Crippen LogP contribution in [0.3, 0.4) is 0 Å². The molecule has 8 heteroatoms. The highest BCUT2D eigenvalue weighted by Crippen LogP contribution is 2.34. The third kappa shape index (κ3) is 3.95. The van der Waals surface area contributed by atoms with E-state index >= 15 is 0 Å². The SMILES string of the molecule is CCC(S(=O)C(CC)C(F)(F)F)C(F)(F)F. The summed E-state index contributed by atoms with van der Waals surface area (Å²) in [6, 6.07) is 0. The quantitative estimate of drug-likeness (QED) is 0.715. The molecule has 1 nitrogen and oxygen atoms in total. The van der Waals surface area contributed by atoms with Crippen LogP contribution in [0.15, 0.2) is 0 Å². The molecule has 0 aromatic rings. The van der Waals surface area contributed by atoms with E-state index in [0.717, 1.165) is 13.8 Å². The second-order valence-corrected chi connectivity index (χ2v) is 5.00. The third-order valence-electron chi connectivity index (χ3n) is 2.03. The number of rotatable bonds is 4. The van der Waals surface area contributed by atoms with E-state index in [-0.39, 0.29) is 0 Å². The standard InChI is InChI=1S/C8H12F6OS/c1-3-5(7(9,10)11)16(15)6(4-2)8(12,13)14/h5-6H,3-4H2,1-2H3. The number of halogens is 6. The van der Waals surface area contributed by atoms with Gasteiger partial charge in [0.05, 0.1) is 0 Å². The summed E-state index contributed by atoms with van der Waals surface area (Å²) in [4.78, 5) is 0. The Morgan fingerprint density at radius 3 is 1.25 bits per heavy atom. The van der Waals surface area contributed by atoms with Gasteiger partial charge < -0.3 is 0 Å². The molecule has 0 aliphatic heterocycles. The fourth-order valence-corrected chi connectivity index (χ4v) is 2.83. The monoisotopic (exact) mass is 270 g/mol. The maximum absolute atomic E-state index is 12.3. The Morgan fingerprint density at radius 1 is 0.875 bits per heavy atom. The Balaban J connectivity index is 5.01. The van der Waals surface area contributed by atoms with Gasteiger partial charge in [-0.2, -0.15) is 26.3 Å². The van der Waals surface area contributed by atoms with Gasteiger partial charge in [0.2, 0.25) is 0 Å². The summed E-state index contributed by atoms with van der Waals surface area (Å²) in [5.41, 5.74) is 0. The van der Waals surface area contributed by atoms with Crippen molar-refractivity contribution < 1.29 is 30.6 Å². The lowest BCUT2D eigenvalue weighted by Gasteiger charge is -2.25. The van der Waals surface area contributed by atoms with Gasteiger partial charge in [-0.25, -0.2) is 0 Å². The van der Waals surface area contributed by atoms with Gasteiger partial charge in [0.25, 0.3) is 0 Å². The first-order chi connectivity index (χ1) is 7.05. The maximum Gasteiger partial charge on any atom is 0.403 e. The predicted molar refractivity (Wildman–Crippen MR) is 48.4 cm³/mol. The molecule has 0 amide bonds. The van der Waals surface area contributed by atoms with Crippen molar-refractivity contribution in [3.63, 3.8) is 0 Å². The van der Waals surface area contributed by atoms with Gasteiger partial charge >= 0.3 is 12.4 Å². The first kappa shape index (κ1) is 15.7. The summed E-state index contributed by atoms with van der Waals surface area (Å²) in [7, 11) is -2.98. The van der Waals surface area contributed by atoms with Crippen molar-refractivity contribution in [3.8, 4) is 0 Å². The zero-order valence-electron chi connectivity index (χ0n) is 8.65. The van der Waals surface area contributed by atoms with Gasteiger partial charge in [0.1, 0.15) is 10.5 Å². The van der Waals surface area contributed by atoms with E-state index in [4.69, 9.17) is 0 Å². The van der Waals surface area contributed by atoms with Crippen LogP contribution in [0.2, 0.25) is 0 Å². The summed E-state index contributed by atoms with van der Waals surface area (Å²) in [6.07, 6.45) is -11.0. The van der Waals surface area contributed by atoms with Crippen molar-refractivity contribution in [1.29, 1.82) is 0 Å². The Morgan fingerprint density at radius 2 is 1.12 bits per heavy atom. The molecule has 98 valence electrons. The molecule has 0 saturated carbocycles. The number of alkyl halides is 6. The van der Waals surface area contributed by atoms with Crippen LogP contribution in [0.4, 0.5) is 26.3 Å². The first-order valence-corrected chi connectivity index (χ1v) is 5.86. The van der Waals surface area contributed by atoms with Gasteiger partial charge in [-0.3, -0.25) is 4.21 Å². The highest BCUT2D eigenvalue weighted by atomic mass is 32.2. The van der Waals surface area contributed by atoms with Crippen molar-refractivity contribution in [2.24, 2.45) is 0 Å². The molecule has 0 rings (SSSR count). The third-order valence-corrected chi connectivity index (χ3v) is 4.36. The fraction of sp³-hybridized carbons (Fsp3) is 1.00. The van der Waals surface area contributed by atoms with Gasteiger partial charge in [-0.1, -0.05) is 13.8 Å². The number of hydrogen-bond acceptors (Lipinski definition) is 1. The zero-order chi connectivity index (χ0) is 13.1. The van der Waals surface area contributed by atoms with Crippen molar-refractivity contribution in [2.75, 3.05) is 0 Å². The van der Waals surface area contributed by atoms with Crippen LogP contribution in [0, 0.1) is 0 Å². The molecule has 2 atom stereocenters. The van der Waals surface area contributed by atoms with E-state index in [0.29, 0.717) is 0 Å². The number of hydrogen-bond donors (Lipinski definition) is 0. The molecule has 0 bridgehead atoms. The van der Waals surface area contributed by atoms with Crippen LogP contribution < -0.4 is 0 Å². The van der Waals surface area contributed by atoms with Crippen LogP contribution in [0.25, 0.3) is 0 Å². The Kier molecular flexibility index (Phi) is 5.28.